The van der Waals surface area contributed by atoms with Crippen LogP contribution in [-0.2, 0) is 6.42 Å². The molecule has 0 aliphatic carbocycles. The molecule has 1 atom stereocenters. The van der Waals surface area contributed by atoms with E-state index in [9.17, 15) is 13.2 Å². The summed E-state index contributed by atoms with van der Waals surface area (Å²) < 4.78 is 39.2. The van der Waals surface area contributed by atoms with Gasteiger partial charge in [-0.05, 0) is 42.2 Å². The fourth-order valence-corrected chi connectivity index (χ4v) is 1.98. The van der Waals surface area contributed by atoms with Crippen LogP contribution in [0.1, 0.15) is 22.7 Å². The smallest absolute Gasteiger partial charge is 0.194 e. The minimum absolute atomic E-state index is 0.250. The van der Waals surface area contributed by atoms with E-state index in [1.54, 1.807) is 0 Å². The Labute approximate surface area is 109 Å². The Hall–Kier alpha value is -1.81. The normalized spacial score (nSPS) is 12.5. The first kappa shape index (κ1) is 13.6. The Kier molecular flexibility index (Phi) is 3.90. The summed E-state index contributed by atoms with van der Waals surface area (Å²) in [6, 6.07) is 8.94. The van der Waals surface area contributed by atoms with Gasteiger partial charge in [-0.15, -0.1) is 0 Å². The highest BCUT2D eigenvalue weighted by Crippen LogP contribution is 2.22. The molecule has 1 unspecified atom stereocenters. The van der Waals surface area contributed by atoms with Gasteiger partial charge in [-0.1, -0.05) is 24.3 Å². The Morgan fingerprint density at radius 3 is 2.21 bits per heavy atom. The van der Waals surface area contributed by atoms with Crippen molar-refractivity contribution in [2.24, 2.45) is 5.73 Å². The maximum Gasteiger partial charge on any atom is 0.194 e. The van der Waals surface area contributed by atoms with Crippen LogP contribution >= 0.6 is 0 Å². The zero-order chi connectivity index (χ0) is 14.0. The Balaban J connectivity index is 2.26. The molecule has 2 N–H and O–H groups in total. The predicted octanol–water partition coefficient (Wildman–Crippen LogP) is 3.65. The van der Waals surface area contributed by atoms with Crippen LogP contribution < -0.4 is 5.73 Å². The maximum atomic E-state index is 13.1. The number of rotatable bonds is 3. The third-order valence-corrected chi connectivity index (χ3v) is 3.14. The average molecular weight is 265 g/mol. The number of halogens is 3. The molecule has 0 radical (unpaired) electrons. The topological polar surface area (TPSA) is 26.0 Å². The summed E-state index contributed by atoms with van der Waals surface area (Å²) in [7, 11) is 0. The van der Waals surface area contributed by atoms with Crippen LogP contribution in [0.4, 0.5) is 13.2 Å². The van der Waals surface area contributed by atoms with Crippen LogP contribution in [0.3, 0.4) is 0 Å². The second kappa shape index (κ2) is 5.45. The summed E-state index contributed by atoms with van der Waals surface area (Å²) in [5, 5.41) is 0. The van der Waals surface area contributed by atoms with Crippen molar-refractivity contribution >= 4 is 0 Å². The van der Waals surface area contributed by atoms with Gasteiger partial charge in [0, 0.05) is 6.04 Å². The lowest BCUT2D eigenvalue weighted by molar-refractivity contribution is 0.443. The van der Waals surface area contributed by atoms with Gasteiger partial charge >= 0.3 is 0 Å². The largest absolute Gasteiger partial charge is 0.324 e. The number of hydrogen-bond donors (Lipinski definition) is 1. The lowest BCUT2D eigenvalue weighted by Gasteiger charge is -2.14. The molecule has 0 heterocycles. The van der Waals surface area contributed by atoms with Crippen molar-refractivity contribution in [1.82, 2.24) is 0 Å². The molecule has 0 amide bonds. The summed E-state index contributed by atoms with van der Waals surface area (Å²) in [5.41, 5.74) is 8.23. The minimum Gasteiger partial charge on any atom is -0.324 e. The molecule has 1 nitrogen and oxygen atoms in total. The number of benzene rings is 2. The fourth-order valence-electron chi connectivity index (χ4n) is 1.98. The zero-order valence-corrected chi connectivity index (χ0v) is 10.5. The SMILES string of the molecule is Cc1ccccc1CC(N)c1cc(F)c(F)c(F)c1. The quantitative estimate of drug-likeness (QED) is 0.842. The second-order valence-corrected chi connectivity index (χ2v) is 4.54. The Bertz CT molecular complexity index is 573. The molecule has 4 heteroatoms. The predicted molar refractivity (Wildman–Crippen MR) is 68.1 cm³/mol. The lowest BCUT2D eigenvalue weighted by atomic mass is 9.96. The van der Waals surface area contributed by atoms with Crippen molar-refractivity contribution in [3.8, 4) is 0 Å². The molecule has 2 rings (SSSR count). The molecule has 0 saturated carbocycles. The minimum atomic E-state index is -1.47. The molecule has 0 fully saturated rings. The van der Waals surface area contributed by atoms with Crippen LogP contribution in [0.5, 0.6) is 0 Å². The van der Waals surface area contributed by atoms with E-state index in [1.165, 1.54) is 0 Å². The zero-order valence-electron chi connectivity index (χ0n) is 10.5. The number of nitrogens with two attached hydrogens (primary N) is 1. The molecule has 19 heavy (non-hydrogen) atoms. The van der Waals surface area contributed by atoms with Gasteiger partial charge in [-0.25, -0.2) is 13.2 Å². The van der Waals surface area contributed by atoms with Crippen LogP contribution in [0.2, 0.25) is 0 Å². The van der Waals surface area contributed by atoms with Crippen molar-refractivity contribution in [2.75, 3.05) is 0 Å². The molecule has 0 aliphatic heterocycles. The first-order chi connectivity index (χ1) is 8.99. The summed E-state index contributed by atoms with van der Waals surface area (Å²) in [6.07, 6.45) is 0.442. The van der Waals surface area contributed by atoms with Gasteiger partial charge in [0.05, 0.1) is 0 Å². The van der Waals surface area contributed by atoms with Gasteiger partial charge in [0.15, 0.2) is 17.5 Å². The molecule has 0 saturated heterocycles. The molecule has 2 aromatic carbocycles. The van der Waals surface area contributed by atoms with Gasteiger partial charge in [-0.3, -0.25) is 0 Å². The number of hydrogen-bond acceptors (Lipinski definition) is 1. The molecule has 100 valence electrons. The summed E-state index contributed by atoms with van der Waals surface area (Å²) in [5.74, 6) is -3.89. The van der Waals surface area contributed by atoms with Gasteiger partial charge in [0.2, 0.25) is 0 Å². The van der Waals surface area contributed by atoms with E-state index in [4.69, 9.17) is 5.73 Å². The molecule has 0 bridgehead atoms. The van der Waals surface area contributed by atoms with Crippen molar-refractivity contribution in [3.05, 3.63) is 70.5 Å². The van der Waals surface area contributed by atoms with Crippen molar-refractivity contribution in [1.29, 1.82) is 0 Å². The van der Waals surface area contributed by atoms with Crippen molar-refractivity contribution < 1.29 is 13.2 Å². The number of aryl methyl sites for hydroxylation is 1. The molecule has 0 aromatic heterocycles. The van der Waals surface area contributed by atoms with Crippen LogP contribution in [-0.4, -0.2) is 0 Å². The fraction of sp³-hybridized carbons (Fsp3) is 0.200. The third kappa shape index (κ3) is 2.96. The molecule has 0 aliphatic rings. The van der Waals surface area contributed by atoms with Gasteiger partial charge in [-0.2, -0.15) is 0 Å². The highest BCUT2D eigenvalue weighted by Gasteiger charge is 2.15. The van der Waals surface area contributed by atoms with E-state index in [0.29, 0.717) is 6.42 Å². The standard InChI is InChI=1S/C15H14F3N/c1-9-4-2-3-5-10(9)8-14(19)11-6-12(16)15(18)13(17)7-11/h2-7,14H,8,19H2,1H3. The maximum absolute atomic E-state index is 13.1. The molecule has 0 spiro atoms. The second-order valence-electron chi connectivity index (χ2n) is 4.54. The van der Waals surface area contributed by atoms with Gasteiger partial charge in [0.1, 0.15) is 0 Å². The average Bonchev–Trinajstić information content (AvgIpc) is 2.38. The van der Waals surface area contributed by atoms with Crippen LogP contribution in [0, 0.1) is 24.4 Å². The van der Waals surface area contributed by atoms with E-state index in [-0.39, 0.29) is 5.56 Å². The summed E-state index contributed by atoms with van der Waals surface area (Å²) >= 11 is 0. The lowest BCUT2D eigenvalue weighted by Crippen LogP contribution is -2.15. The highest BCUT2D eigenvalue weighted by molar-refractivity contribution is 5.29. The summed E-state index contributed by atoms with van der Waals surface area (Å²) in [4.78, 5) is 0. The molecular formula is C15H14F3N. The molecule has 2 aromatic rings. The van der Waals surface area contributed by atoms with E-state index >= 15 is 0 Å². The van der Waals surface area contributed by atoms with Gasteiger partial charge < -0.3 is 5.73 Å². The monoisotopic (exact) mass is 265 g/mol. The first-order valence-corrected chi connectivity index (χ1v) is 5.93. The summed E-state index contributed by atoms with van der Waals surface area (Å²) in [6.45, 7) is 1.94. The van der Waals surface area contributed by atoms with Gasteiger partial charge in [0.25, 0.3) is 0 Å². The van der Waals surface area contributed by atoms with Crippen molar-refractivity contribution in [2.45, 2.75) is 19.4 Å². The Morgan fingerprint density at radius 1 is 1.05 bits per heavy atom. The first-order valence-electron chi connectivity index (χ1n) is 5.93. The third-order valence-electron chi connectivity index (χ3n) is 3.14. The van der Waals surface area contributed by atoms with E-state index in [2.05, 4.69) is 0 Å². The Morgan fingerprint density at radius 2 is 1.63 bits per heavy atom. The van der Waals surface area contributed by atoms with E-state index in [1.807, 2.05) is 31.2 Å². The van der Waals surface area contributed by atoms with Crippen LogP contribution in [0.15, 0.2) is 36.4 Å². The molecular weight excluding hydrogens is 251 g/mol. The van der Waals surface area contributed by atoms with E-state index < -0.39 is 23.5 Å². The van der Waals surface area contributed by atoms with Crippen molar-refractivity contribution in [3.63, 3.8) is 0 Å². The van der Waals surface area contributed by atoms with E-state index in [0.717, 1.165) is 23.3 Å². The van der Waals surface area contributed by atoms with Crippen LogP contribution in [0.25, 0.3) is 0 Å². The highest BCUT2D eigenvalue weighted by atomic mass is 19.2.